The molecule has 0 saturated carbocycles. The van der Waals surface area contributed by atoms with Gasteiger partial charge in [-0.2, -0.15) is 0 Å². The smallest absolute Gasteiger partial charge is 0.331 e. The highest BCUT2D eigenvalue weighted by molar-refractivity contribution is 5.90. The van der Waals surface area contributed by atoms with Crippen molar-refractivity contribution < 1.29 is 23.8 Å². The van der Waals surface area contributed by atoms with Crippen LogP contribution in [0, 0.1) is 0 Å². The molecule has 0 amide bonds. The Morgan fingerprint density at radius 1 is 1.53 bits per heavy atom. The summed E-state index contributed by atoms with van der Waals surface area (Å²) in [7, 11) is 0. The summed E-state index contributed by atoms with van der Waals surface area (Å²) in [6.07, 6.45) is 2.50. The summed E-state index contributed by atoms with van der Waals surface area (Å²) in [5.41, 5.74) is 0. The van der Waals surface area contributed by atoms with E-state index in [2.05, 4.69) is 0 Å². The third-order valence-corrected chi connectivity index (χ3v) is 1.60. The maximum absolute atomic E-state index is 11.0. The highest BCUT2D eigenvalue weighted by atomic mass is 16.5. The molecule has 5 nitrogen and oxygen atoms in total. The standard InChI is InChI=1S/C10H10O5/c1-7(8-3-2-6-14-8)15-10(13)5-4-9(11)12/h2-7H,1H3,(H,11,12)/b5-4+. The number of carboxylic acids is 1. The Balaban J connectivity index is 2.49. The van der Waals surface area contributed by atoms with Crippen LogP contribution in [0.3, 0.4) is 0 Å². The molecule has 0 saturated heterocycles. The molecule has 1 aromatic heterocycles. The Labute approximate surface area is 86.0 Å². The van der Waals surface area contributed by atoms with Gasteiger partial charge in [0.05, 0.1) is 6.26 Å². The lowest BCUT2D eigenvalue weighted by Crippen LogP contribution is -2.06. The number of esters is 1. The minimum absolute atomic E-state index is 0.507. The topological polar surface area (TPSA) is 76.7 Å². The molecule has 0 bridgehead atoms. The molecule has 80 valence electrons. The highest BCUT2D eigenvalue weighted by Crippen LogP contribution is 2.16. The monoisotopic (exact) mass is 210 g/mol. The summed E-state index contributed by atoms with van der Waals surface area (Å²) in [4.78, 5) is 21.1. The number of carbonyl (C=O) groups is 2. The third kappa shape index (κ3) is 3.68. The van der Waals surface area contributed by atoms with Crippen molar-refractivity contribution in [1.29, 1.82) is 0 Å². The van der Waals surface area contributed by atoms with Crippen molar-refractivity contribution in [2.75, 3.05) is 0 Å². The summed E-state index contributed by atoms with van der Waals surface area (Å²) in [5, 5.41) is 8.27. The quantitative estimate of drug-likeness (QED) is 0.602. The number of carboxylic acid groups (broad SMARTS) is 1. The van der Waals surface area contributed by atoms with Gasteiger partial charge in [-0.15, -0.1) is 0 Å². The minimum atomic E-state index is -1.20. The van der Waals surface area contributed by atoms with E-state index in [-0.39, 0.29) is 0 Å². The molecule has 0 radical (unpaired) electrons. The van der Waals surface area contributed by atoms with Crippen molar-refractivity contribution in [1.82, 2.24) is 0 Å². The first-order chi connectivity index (χ1) is 7.09. The van der Waals surface area contributed by atoms with E-state index in [0.29, 0.717) is 5.76 Å². The molecular weight excluding hydrogens is 200 g/mol. The van der Waals surface area contributed by atoms with Crippen molar-refractivity contribution in [3.8, 4) is 0 Å². The van der Waals surface area contributed by atoms with Crippen molar-refractivity contribution in [3.63, 3.8) is 0 Å². The Morgan fingerprint density at radius 2 is 2.27 bits per heavy atom. The molecule has 5 heteroatoms. The molecule has 1 atom stereocenters. The van der Waals surface area contributed by atoms with Gasteiger partial charge < -0.3 is 14.3 Å². The maximum atomic E-state index is 11.0. The Hall–Kier alpha value is -2.04. The van der Waals surface area contributed by atoms with Crippen LogP contribution in [0.1, 0.15) is 18.8 Å². The van der Waals surface area contributed by atoms with Gasteiger partial charge >= 0.3 is 11.9 Å². The molecule has 0 aromatic carbocycles. The van der Waals surface area contributed by atoms with Crippen LogP contribution in [0.2, 0.25) is 0 Å². The van der Waals surface area contributed by atoms with E-state index in [1.807, 2.05) is 0 Å². The number of ether oxygens (including phenoxy) is 1. The molecule has 1 aromatic rings. The molecule has 1 N–H and O–H groups in total. The molecule has 0 aliphatic rings. The van der Waals surface area contributed by atoms with Gasteiger partial charge in [-0.1, -0.05) is 0 Å². The van der Waals surface area contributed by atoms with Gasteiger partial charge in [0.2, 0.25) is 0 Å². The number of rotatable bonds is 4. The Morgan fingerprint density at radius 3 is 2.80 bits per heavy atom. The number of furan rings is 1. The summed E-state index contributed by atoms with van der Waals surface area (Å²) in [6.45, 7) is 1.63. The summed E-state index contributed by atoms with van der Waals surface area (Å²) in [6, 6.07) is 3.34. The fourth-order valence-electron chi connectivity index (χ4n) is 0.934. The lowest BCUT2D eigenvalue weighted by atomic mass is 10.3. The second kappa shape index (κ2) is 4.99. The van der Waals surface area contributed by atoms with Crippen LogP contribution in [-0.2, 0) is 14.3 Å². The van der Waals surface area contributed by atoms with Gasteiger partial charge in [0.1, 0.15) is 5.76 Å². The van der Waals surface area contributed by atoms with Crippen molar-refractivity contribution in [3.05, 3.63) is 36.3 Å². The number of hydrogen-bond acceptors (Lipinski definition) is 4. The average molecular weight is 210 g/mol. The first kappa shape index (κ1) is 11.0. The largest absolute Gasteiger partial charge is 0.478 e. The van der Waals surface area contributed by atoms with Gasteiger partial charge in [-0.25, -0.2) is 9.59 Å². The molecule has 15 heavy (non-hydrogen) atoms. The van der Waals surface area contributed by atoms with E-state index < -0.39 is 18.0 Å². The fourth-order valence-corrected chi connectivity index (χ4v) is 0.934. The molecule has 0 aliphatic carbocycles. The van der Waals surface area contributed by atoms with Gasteiger partial charge in [0.15, 0.2) is 6.10 Å². The molecule has 0 fully saturated rings. The van der Waals surface area contributed by atoms with E-state index >= 15 is 0 Å². The van der Waals surface area contributed by atoms with Gasteiger partial charge in [-0.05, 0) is 19.1 Å². The predicted octanol–water partition coefficient (Wildman–Crippen LogP) is 1.52. The number of aliphatic carboxylic acids is 1. The molecule has 1 unspecified atom stereocenters. The van der Waals surface area contributed by atoms with Gasteiger partial charge in [0, 0.05) is 12.2 Å². The van der Waals surface area contributed by atoms with Crippen molar-refractivity contribution >= 4 is 11.9 Å². The highest BCUT2D eigenvalue weighted by Gasteiger charge is 2.11. The van der Waals surface area contributed by atoms with E-state index in [0.717, 1.165) is 12.2 Å². The first-order valence-electron chi connectivity index (χ1n) is 4.24. The SMILES string of the molecule is CC(OC(=O)/C=C/C(=O)O)c1ccco1. The van der Waals surface area contributed by atoms with Gasteiger partial charge in [0.25, 0.3) is 0 Å². The second-order valence-electron chi connectivity index (χ2n) is 2.77. The number of hydrogen-bond donors (Lipinski definition) is 1. The van der Waals surface area contributed by atoms with Crippen LogP contribution in [0.4, 0.5) is 0 Å². The van der Waals surface area contributed by atoms with E-state index in [1.54, 1.807) is 19.1 Å². The predicted molar refractivity (Wildman–Crippen MR) is 50.0 cm³/mol. The third-order valence-electron chi connectivity index (χ3n) is 1.60. The maximum Gasteiger partial charge on any atom is 0.331 e. The molecular formula is C10H10O5. The Kier molecular flexibility index (Phi) is 3.68. The van der Waals surface area contributed by atoms with E-state index in [1.165, 1.54) is 6.26 Å². The molecule has 1 rings (SSSR count). The average Bonchev–Trinajstić information content (AvgIpc) is 2.67. The minimum Gasteiger partial charge on any atom is -0.478 e. The van der Waals surface area contributed by atoms with Gasteiger partial charge in [-0.3, -0.25) is 0 Å². The number of carbonyl (C=O) groups excluding carboxylic acids is 1. The molecule has 0 aliphatic heterocycles. The zero-order valence-corrected chi connectivity index (χ0v) is 8.04. The fraction of sp³-hybridized carbons (Fsp3) is 0.200. The molecule has 0 spiro atoms. The first-order valence-corrected chi connectivity index (χ1v) is 4.24. The summed E-state index contributed by atoms with van der Waals surface area (Å²) >= 11 is 0. The summed E-state index contributed by atoms with van der Waals surface area (Å²) in [5.74, 6) is -1.41. The zero-order chi connectivity index (χ0) is 11.3. The molecule has 1 heterocycles. The van der Waals surface area contributed by atoms with Crippen LogP contribution in [0.15, 0.2) is 35.0 Å². The van der Waals surface area contributed by atoms with Crippen LogP contribution >= 0.6 is 0 Å². The van der Waals surface area contributed by atoms with E-state index in [9.17, 15) is 9.59 Å². The van der Waals surface area contributed by atoms with Crippen LogP contribution in [-0.4, -0.2) is 17.0 Å². The summed E-state index contributed by atoms with van der Waals surface area (Å²) < 4.78 is 9.87. The van der Waals surface area contributed by atoms with Crippen LogP contribution in [0.5, 0.6) is 0 Å². The Bertz CT molecular complexity index is 363. The van der Waals surface area contributed by atoms with Crippen LogP contribution in [0.25, 0.3) is 0 Å². The van der Waals surface area contributed by atoms with Crippen LogP contribution < -0.4 is 0 Å². The second-order valence-corrected chi connectivity index (χ2v) is 2.77. The normalized spacial score (nSPS) is 12.6. The van der Waals surface area contributed by atoms with Crippen molar-refractivity contribution in [2.24, 2.45) is 0 Å². The zero-order valence-electron chi connectivity index (χ0n) is 8.04. The lowest BCUT2D eigenvalue weighted by Gasteiger charge is -2.07. The van der Waals surface area contributed by atoms with Crippen molar-refractivity contribution in [2.45, 2.75) is 13.0 Å². The van der Waals surface area contributed by atoms with E-state index in [4.69, 9.17) is 14.3 Å². The lowest BCUT2D eigenvalue weighted by molar-refractivity contribution is -0.143.